The Hall–Kier alpha value is -0.503. The Labute approximate surface area is 173 Å². The van der Waals surface area contributed by atoms with Crippen molar-refractivity contribution in [3.63, 3.8) is 0 Å². The molecule has 4 nitrogen and oxygen atoms in total. The highest BCUT2D eigenvalue weighted by molar-refractivity contribution is 9.10. The number of hydrogen-bond donors (Lipinski definition) is 0. The molecule has 0 heterocycles. The first-order valence-corrected chi connectivity index (χ1v) is 15.8. The van der Waals surface area contributed by atoms with Gasteiger partial charge in [-0.1, -0.05) is 41.6 Å². The lowest BCUT2D eigenvalue weighted by Gasteiger charge is -2.37. The van der Waals surface area contributed by atoms with Crippen LogP contribution in [0.25, 0.3) is 0 Å². The third kappa shape index (κ3) is 4.92. The Morgan fingerprint density at radius 2 is 1.93 bits per heavy atom. The molecule has 1 aromatic rings. The molecule has 0 aliphatic heterocycles. The van der Waals surface area contributed by atoms with Gasteiger partial charge in [-0.25, -0.2) is 8.42 Å². The fraction of sp³-hybridized carbons (Fsp3) is 0.650. The van der Waals surface area contributed by atoms with E-state index < -0.39 is 18.1 Å². The summed E-state index contributed by atoms with van der Waals surface area (Å²) in [7, 11) is -3.15. The maximum Gasteiger partial charge on any atom is 0.253 e. The lowest BCUT2D eigenvalue weighted by molar-refractivity contribution is 0.0468. The number of halogens is 1. The van der Waals surface area contributed by atoms with E-state index >= 15 is 0 Å². The Morgan fingerprint density at radius 3 is 2.52 bits per heavy atom. The van der Waals surface area contributed by atoms with Crippen LogP contribution in [0.3, 0.4) is 0 Å². The van der Waals surface area contributed by atoms with Gasteiger partial charge in [-0.2, -0.15) is 4.40 Å². The molecule has 3 rings (SSSR count). The number of ether oxygens (including phenoxy) is 1. The van der Waals surface area contributed by atoms with Crippen molar-refractivity contribution in [2.75, 3.05) is 12.9 Å². The summed E-state index contributed by atoms with van der Waals surface area (Å²) in [5.74, 6) is 0.159. The predicted octanol–water partition coefficient (Wildman–Crippen LogP) is 5.04. The van der Waals surface area contributed by atoms with E-state index in [1.807, 2.05) is 12.1 Å². The Bertz CT molecular complexity index is 837. The third-order valence-corrected chi connectivity index (χ3v) is 9.71. The smallest absolute Gasteiger partial charge is 0.253 e. The SMILES string of the molecule is COC1CCC2(CC1)Cc1ccc(Br)cc1/C2=N/S(=O)(=O)CC[Si](C)(C)C. The molecule has 150 valence electrons. The predicted molar refractivity (Wildman–Crippen MR) is 118 cm³/mol. The molecule has 0 amide bonds. The summed E-state index contributed by atoms with van der Waals surface area (Å²) in [4.78, 5) is 0. The molecule has 0 atom stereocenters. The van der Waals surface area contributed by atoms with Gasteiger partial charge in [-0.15, -0.1) is 0 Å². The second-order valence-electron chi connectivity index (χ2n) is 9.23. The molecule has 1 saturated carbocycles. The van der Waals surface area contributed by atoms with Gasteiger partial charge in [0.2, 0.25) is 0 Å². The fourth-order valence-corrected chi connectivity index (χ4v) is 8.72. The van der Waals surface area contributed by atoms with E-state index in [1.165, 1.54) is 5.56 Å². The van der Waals surface area contributed by atoms with E-state index in [2.05, 4.69) is 46.0 Å². The molecule has 2 aliphatic rings. The normalized spacial score (nSPS) is 27.3. The average molecular weight is 473 g/mol. The van der Waals surface area contributed by atoms with Gasteiger partial charge in [0, 0.05) is 30.6 Å². The zero-order valence-corrected chi connectivity index (χ0v) is 20.1. The molecule has 0 bridgehead atoms. The second kappa shape index (κ2) is 7.73. The number of methoxy groups -OCH3 is 1. The largest absolute Gasteiger partial charge is 0.381 e. The van der Waals surface area contributed by atoms with E-state index in [1.54, 1.807) is 7.11 Å². The minimum atomic E-state index is -3.47. The average Bonchev–Trinajstić information content (AvgIpc) is 2.86. The summed E-state index contributed by atoms with van der Waals surface area (Å²) in [6.45, 7) is 6.60. The number of sulfonamides is 1. The van der Waals surface area contributed by atoms with Crippen LogP contribution in [0.5, 0.6) is 0 Å². The molecule has 0 N–H and O–H groups in total. The highest BCUT2D eigenvalue weighted by Gasteiger charge is 2.46. The van der Waals surface area contributed by atoms with E-state index in [9.17, 15) is 8.42 Å². The third-order valence-electron chi connectivity index (χ3n) is 5.92. The monoisotopic (exact) mass is 471 g/mol. The number of hydrogen-bond acceptors (Lipinski definition) is 3. The van der Waals surface area contributed by atoms with E-state index in [-0.39, 0.29) is 17.3 Å². The Morgan fingerprint density at radius 1 is 1.26 bits per heavy atom. The van der Waals surface area contributed by atoms with E-state index in [0.717, 1.165) is 53.9 Å². The number of fused-ring (bicyclic) bond motifs is 1. The van der Waals surface area contributed by atoms with Crippen molar-refractivity contribution < 1.29 is 13.2 Å². The highest BCUT2D eigenvalue weighted by Crippen LogP contribution is 2.49. The van der Waals surface area contributed by atoms with Gasteiger partial charge in [0.15, 0.2) is 0 Å². The summed E-state index contributed by atoms with van der Waals surface area (Å²) in [6, 6.07) is 6.94. The molecule has 0 radical (unpaired) electrons. The zero-order valence-electron chi connectivity index (χ0n) is 16.7. The molecule has 0 saturated heterocycles. The molecule has 2 aliphatic carbocycles. The van der Waals surface area contributed by atoms with Crippen LogP contribution in [0.15, 0.2) is 27.1 Å². The van der Waals surface area contributed by atoms with Crippen molar-refractivity contribution in [1.82, 2.24) is 0 Å². The quantitative estimate of drug-likeness (QED) is 0.565. The Kier molecular flexibility index (Phi) is 6.07. The second-order valence-corrected chi connectivity index (χ2v) is 17.5. The van der Waals surface area contributed by atoms with Crippen molar-refractivity contribution in [2.45, 2.75) is 63.9 Å². The van der Waals surface area contributed by atoms with Crippen LogP contribution >= 0.6 is 15.9 Å². The lowest BCUT2D eigenvalue weighted by atomic mass is 9.70. The number of nitrogens with zero attached hydrogens (tertiary/aromatic N) is 1. The van der Waals surface area contributed by atoms with Gasteiger partial charge >= 0.3 is 0 Å². The van der Waals surface area contributed by atoms with Crippen LogP contribution in [-0.2, 0) is 21.2 Å². The highest BCUT2D eigenvalue weighted by atomic mass is 79.9. The zero-order chi connectivity index (χ0) is 19.9. The van der Waals surface area contributed by atoms with E-state index in [0.29, 0.717) is 0 Å². The summed E-state index contributed by atoms with van der Waals surface area (Å²) in [5, 5.41) is 0. The van der Waals surface area contributed by atoms with Crippen molar-refractivity contribution in [2.24, 2.45) is 9.81 Å². The molecule has 27 heavy (non-hydrogen) atoms. The fourth-order valence-electron chi connectivity index (χ4n) is 4.22. The van der Waals surface area contributed by atoms with Crippen molar-refractivity contribution in [3.05, 3.63) is 33.8 Å². The molecule has 0 aromatic heterocycles. The van der Waals surface area contributed by atoms with Crippen LogP contribution in [0.1, 0.15) is 36.8 Å². The van der Waals surface area contributed by atoms with Crippen LogP contribution < -0.4 is 0 Å². The topological polar surface area (TPSA) is 55.7 Å². The van der Waals surface area contributed by atoms with Gasteiger partial charge in [0.05, 0.1) is 17.6 Å². The first kappa shape index (κ1) is 21.2. The molecule has 1 fully saturated rings. The molecule has 1 aromatic carbocycles. The van der Waals surface area contributed by atoms with Gasteiger partial charge in [-0.3, -0.25) is 0 Å². The minimum absolute atomic E-state index is 0.159. The maximum absolute atomic E-state index is 12.9. The molecule has 0 unspecified atom stereocenters. The van der Waals surface area contributed by atoms with Crippen LogP contribution in [0.2, 0.25) is 25.7 Å². The first-order chi connectivity index (χ1) is 12.5. The summed E-state index contributed by atoms with van der Waals surface area (Å²) < 4.78 is 36.7. The Balaban J connectivity index is 1.99. The van der Waals surface area contributed by atoms with Crippen LogP contribution in [-0.4, -0.2) is 41.2 Å². The summed E-state index contributed by atoms with van der Waals surface area (Å²) in [6.07, 6.45) is 4.93. The van der Waals surface area contributed by atoms with Gasteiger partial charge in [0.1, 0.15) is 0 Å². The summed E-state index contributed by atoms with van der Waals surface area (Å²) in [5.41, 5.74) is 2.86. The van der Waals surface area contributed by atoms with Crippen molar-refractivity contribution in [3.8, 4) is 0 Å². The van der Waals surface area contributed by atoms with Crippen LogP contribution in [0, 0.1) is 5.41 Å². The number of rotatable bonds is 5. The van der Waals surface area contributed by atoms with Crippen LogP contribution in [0.4, 0.5) is 0 Å². The summed E-state index contributed by atoms with van der Waals surface area (Å²) >= 11 is 3.54. The van der Waals surface area contributed by atoms with Crippen molar-refractivity contribution in [1.29, 1.82) is 0 Å². The van der Waals surface area contributed by atoms with Gasteiger partial charge in [-0.05, 0) is 55.8 Å². The first-order valence-electron chi connectivity index (χ1n) is 9.68. The molecular weight excluding hydrogens is 442 g/mol. The van der Waals surface area contributed by atoms with Crippen molar-refractivity contribution >= 4 is 39.7 Å². The molecule has 1 spiro atoms. The maximum atomic E-state index is 12.9. The van der Waals surface area contributed by atoms with Gasteiger partial charge < -0.3 is 4.74 Å². The minimum Gasteiger partial charge on any atom is -0.381 e. The van der Waals surface area contributed by atoms with Gasteiger partial charge in [0.25, 0.3) is 10.0 Å². The lowest BCUT2D eigenvalue weighted by Crippen LogP contribution is -2.36. The van der Waals surface area contributed by atoms with E-state index in [4.69, 9.17) is 4.74 Å². The number of benzene rings is 1. The molecular formula is C20H30BrNO3SSi. The standard InChI is InChI=1S/C20H30BrNO3SSi/c1-25-17-7-9-20(10-8-17)14-15-5-6-16(21)13-18(15)19(20)22-26(23,24)11-12-27(2,3)4/h5-6,13,17H,7-12,14H2,1-4H3/b22-19-. The molecule has 7 heteroatoms.